The van der Waals surface area contributed by atoms with Crippen molar-refractivity contribution in [3.63, 3.8) is 0 Å². The van der Waals surface area contributed by atoms with Crippen LogP contribution in [0.2, 0.25) is 5.02 Å². The van der Waals surface area contributed by atoms with E-state index >= 15 is 0 Å². The van der Waals surface area contributed by atoms with Gasteiger partial charge in [0.25, 0.3) is 0 Å². The van der Waals surface area contributed by atoms with Crippen LogP contribution in [-0.2, 0) is 10.2 Å². The third kappa shape index (κ3) is 1.83. The predicted molar refractivity (Wildman–Crippen MR) is 76.5 cm³/mol. The van der Waals surface area contributed by atoms with Gasteiger partial charge in [-0.1, -0.05) is 24.1 Å². The summed E-state index contributed by atoms with van der Waals surface area (Å²) in [6, 6.07) is 5.52. The first kappa shape index (κ1) is 13.2. The van der Waals surface area contributed by atoms with Crippen molar-refractivity contribution in [1.82, 2.24) is 9.55 Å². The molecule has 20 heavy (non-hydrogen) atoms. The van der Waals surface area contributed by atoms with E-state index in [2.05, 4.69) is 4.98 Å². The van der Waals surface area contributed by atoms with Gasteiger partial charge in [0.15, 0.2) is 0 Å². The van der Waals surface area contributed by atoms with Gasteiger partial charge in [-0.3, -0.25) is 4.79 Å². The van der Waals surface area contributed by atoms with Crippen LogP contribution in [0.5, 0.6) is 0 Å². The van der Waals surface area contributed by atoms with Gasteiger partial charge in [0.2, 0.25) is 0 Å². The first-order valence-electron chi connectivity index (χ1n) is 6.58. The minimum absolute atomic E-state index is 0.552. The Morgan fingerprint density at radius 3 is 2.65 bits per heavy atom. The number of aliphatic carboxylic acids is 1. The molecule has 2 aromatic rings. The molecule has 4 nitrogen and oxygen atoms in total. The number of hydrogen-bond donors (Lipinski definition) is 1. The van der Waals surface area contributed by atoms with Crippen molar-refractivity contribution in [3.8, 4) is 5.69 Å². The van der Waals surface area contributed by atoms with E-state index in [0.29, 0.717) is 17.9 Å². The van der Waals surface area contributed by atoms with Crippen molar-refractivity contribution < 1.29 is 9.90 Å². The zero-order valence-electron chi connectivity index (χ0n) is 11.1. The first-order valence-corrected chi connectivity index (χ1v) is 6.96. The largest absolute Gasteiger partial charge is 0.481 e. The Labute approximate surface area is 122 Å². The van der Waals surface area contributed by atoms with Crippen LogP contribution in [0.25, 0.3) is 5.69 Å². The smallest absolute Gasteiger partial charge is 0.314 e. The van der Waals surface area contributed by atoms with Gasteiger partial charge in [-0.2, -0.15) is 0 Å². The Kier molecular flexibility index (Phi) is 3.05. The van der Waals surface area contributed by atoms with Crippen LogP contribution in [0.4, 0.5) is 0 Å². The average Bonchev–Trinajstić information content (AvgIpc) is 2.73. The summed E-state index contributed by atoms with van der Waals surface area (Å²) in [6.45, 7) is 1.90. The van der Waals surface area contributed by atoms with Crippen LogP contribution in [0.3, 0.4) is 0 Å². The minimum atomic E-state index is -0.758. The van der Waals surface area contributed by atoms with Gasteiger partial charge < -0.3 is 9.67 Å². The Bertz CT molecular complexity index is 674. The highest BCUT2D eigenvalue weighted by Gasteiger charge is 2.46. The number of aromatic nitrogens is 2. The fourth-order valence-corrected chi connectivity index (χ4v) is 3.06. The zero-order chi connectivity index (χ0) is 14.3. The molecule has 0 amide bonds. The van der Waals surface area contributed by atoms with E-state index in [0.717, 1.165) is 23.5 Å². The lowest BCUT2D eigenvalue weighted by atomic mass is 9.64. The molecule has 1 aromatic carbocycles. The van der Waals surface area contributed by atoms with E-state index in [9.17, 15) is 9.90 Å². The van der Waals surface area contributed by atoms with Crippen molar-refractivity contribution in [3.05, 3.63) is 47.0 Å². The summed E-state index contributed by atoms with van der Waals surface area (Å²) in [4.78, 5) is 15.7. The number of aryl methyl sites for hydroxylation is 1. The van der Waals surface area contributed by atoms with Crippen LogP contribution in [0.15, 0.2) is 30.6 Å². The lowest BCUT2D eigenvalue weighted by Gasteiger charge is -2.38. The molecule has 0 atom stereocenters. The highest BCUT2D eigenvalue weighted by Crippen LogP contribution is 2.45. The second kappa shape index (κ2) is 4.63. The Morgan fingerprint density at radius 2 is 2.20 bits per heavy atom. The van der Waals surface area contributed by atoms with E-state index in [1.165, 1.54) is 0 Å². The number of carbonyl (C=O) groups is 1. The highest BCUT2D eigenvalue weighted by molar-refractivity contribution is 6.32. The van der Waals surface area contributed by atoms with Crippen molar-refractivity contribution in [2.75, 3.05) is 0 Å². The maximum atomic E-state index is 11.5. The molecule has 0 aliphatic heterocycles. The van der Waals surface area contributed by atoms with E-state index < -0.39 is 11.4 Å². The van der Waals surface area contributed by atoms with E-state index in [1.807, 2.05) is 29.8 Å². The lowest BCUT2D eigenvalue weighted by Crippen LogP contribution is -2.42. The van der Waals surface area contributed by atoms with Crippen LogP contribution in [-0.4, -0.2) is 20.6 Å². The molecule has 0 spiro atoms. The standard InChI is InChI=1S/C15H15ClN2O2/c1-10-17-7-8-18(10)13-4-3-11(9-12(13)16)15(14(19)20)5-2-6-15/h3-4,7-9H,2,5-6H2,1H3,(H,19,20). The van der Waals surface area contributed by atoms with Gasteiger partial charge >= 0.3 is 5.97 Å². The summed E-state index contributed by atoms with van der Waals surface area (Å²) in [5, 5.41) is 10.0. The molecule has 1 N–H and O–H groups in total. The number of halogens is 1. The topological polar surface area (TPSA) is 55.1 Å². The fourth-order valence-electron chi connectivity index (χ4n) is 2.79. The maximum absolute atomic E-state index is 11.5. The van der Waals surface area contributed by atoms with Crippen LogP contribution in [0.1, 0.15) is 30.7 Å². The van der Waals surface area contributed by atoms with Crippen molar-refractivity contribution in [1.29, 1.82) is 0 Å². The minimum Gasteiger partial charge on any atom is -0.481 e. The monoisotopic (exact) mass is 290 g/mol. The number of imidazole rings is 1. The third-order valence-corrected chi connectivity index (χ3v) is 4.50. The molecule has 1 heterocycles. The SMILES string of the molecule is Cc1nccn1-c1ccc(C2(C(=O)O)CCC2)cc1Cl. The number of carboxylic acid groups (broad SMARTS) is 1. The number of rotatable bonds is 3. The van der Waals surface area contributed by atoms with E-state index in [-0.39, 0.29) is 0 Å². The van der Waals surface area contributed by atoms with Crippen molar-refractivity contribution in [2.45, 2.75) is 31.6 Å². The summed E-state index contributed by atoms with van der Waals surface area (Å²) in [6.07, 6.45) is 5.87. The average molecular weight is 291 g/mol. The second-order valence-electron chi connectivity index (χ2n) is 5.25. The summed E-state index contributed by atoms with van der Waals surface area (Å²) >= 11 is 6.34. The van der Waals surface area contributed by atoms with Gasteiger partial charge in [-0.05, 0) is 37.5 Å². The van der Waals surface area contributed by atoms with Gasteiger partial charge in [0, 0.05) is 12.4 Å². The molecule has 0 bridgehead atoms. The molecule has 1 aliphatic rings. The summed E-state index contributed by atoms with van der Waals surface area (Å²) in [7, 11) is 0. The quantitative estimate of drug-likeness (QED) is 0.943. The Hall–Kier alpha value is -1.81. The molecule has 5 heteroatoms. The highest BCUT2D eigenvalue weighted by atomic mass is 35.5. The van der Waals surface area contributed by atoms with Crippen LogP contribution >= 0.6 is 11.6 Å². The summed E-state index contributed by atoms with van der Waals surface area (Å²) in [5.41, 5.74) is 0.875. The first-order chi connectivity index (χ1) is 9.54. The number of hydrogen-bond acceptors (Lipinski definition) is 2. The van der Waals surface area contributed by atoms with E-state index in [4.69, 9.17) is 11.6 Å². The molecule has 3 rings (SSSR count). The van der Waals surface area contributed by atoms with Crippen molar-refractivity contribution >= 4 is 17.6 Å². The van der Waals surface area contributed by atoms with Gasteiger partial charge in [0.05, 0.1) is 16.1 Å². The zero-order valence-corrected chi connectivity index (χ0v) is 11.9. The van der Waals surface area contributed by atoms with Crippen LogP contribution < -0.4 is 0 Å². The van der Waals surface area contributed by atoms with Crippen LogP contribution in [0, 0.1) is 6.92 Å². The molecule has 1 aliphatic carbocycles. The number of nitrogens with zero attached hydrogens (tertiary/aromatic N) is 2. The Balaban J connectivity index is 2.04. The predicted octanol–water partition coefficient (Wildman–Crippen LogP) is 3.34. The number of benzene rings is 1. The fraction of sp³-hybridized carbons (Fsp3) is 0.333. The third-order valence-electron chi connectivity index (χ3n) is 4.20. The molecular formula is C15H15ClN2O2. The lowest BCUT2D eigenvalue weighted by molar-refractivity contribution is -0.147. The molecule has 1 aromatic heterocycles. The van der Waals surface area contributed by atoms with E-state index in [1.54, 1.807) is 12.3 Å². The Morgan fingerprint density at radius 1 is 1.45 bits per heavy atom. The summed E-state index contributed by atoms with van der Waals surface area (Å²) < 4.78 is 1.89. The second-order valence-corrected chi connectivity index (χ2v) is 5.66. The molecule has 1 saturated carbocycles. The molecule has 0 radical (unpaired) electrons. The molecule has 0 saturated heterocycles. The van der Waals surface area contributed by atoms with Gasteiger partial charge in [-0.15, -0.1) is 0 Å². The number of carboxylic acids is 1. The van der Waals surface area contributed by atoms with Gasteiger partial charge in [0.1, 0.15) is 5.82 Å². The molecular weight excluding hydrogens is 276 g/mol. The maximum Gasteiger partial charge on any atom is 0.314 e. The molecule has 0 unspecified atom stereocenters. The van der Waals surface area contributed by atoms with Crippen molar-refractivity contribution in [2.24, 2.45) is 0 Å². The summed E-state index contributed by atoms with van der Waals surface area (Å²) in [5.74, 6) is 0.0858. The molecule has 1 fully saturated rings. The van der Waals surface area contributed by atoms with Gasteiger partial charge in [-0.25, -0.2) is 4.98 Å². The molecule has 104 valence electrons. The normalized spacial score (nSPS) is 16.7.